The number of benzene rings is 2. The van der Waals surface area contributed by atoms with Gasteiger partial charge in [0.25, 0.3) is 0 Å². The number of para-hydroxylation sites is 1. The highest BCUT2D eigenvalue weighted by Gasteiger charge is 2.30. The summed E-state index contributed by atoms with van der Waals surface area (Å²) in [6, 6.07) is 12.3. The summed E-state index contributed by atoms with van der Waals surface area (Å²) in [6.07, 6.45) is 0.838. The highest BCUT2D eigenvalue weighted by Crippen LogP contribution is 2.31. The fourth-order valence-electron chi connectivity index (χ4n) is 3.13. The molecule has 1 aliphatic rings. The summed E-state index contributed by atoms with van der Waals surface area (Å²) in [5.41, 5.74) is 2.77. The van der Waals surface area contributed by atoms with Gasteiger partial charge >= 0.3 is 0 Å². The summed E-state index contributed by atoms with van der Waals surface area (Å²) in [7, 11) is 0. The molecule has 0 fully saturated rings. The molecule has 2 aromatic rings. The van der Waals surface area contributed by atoms with Gasteiger partial charge in [-0.05, 0) is 43.2 Å². The first-order valence-electron chi connectivity index (χ1n) is 8.16. The molecule has 0 saturated heterocycles. The van der Waals surface area contributed by atoms with E-state index in [1.807, 2.05) is 31.2 Å². The van der Waals surface area contributed by atoms with Gasteiger partial charge in [-0.1, -0.05) is 18.2 Å². The lowest BCUT2D eigenvalue weighted by Gasteiger charge is -2.23. The van der Waals surface area contributed by atoms with Crippen LogP contribution in [0.4, 0.5) is 21.5 Å². The van der Waals surface area contributed by atoms with Crippen LogP contribution in [0.2, 0.25) is 0 Å². The van der Waals surface area contributed by atoms with Gasteiger partial charge in [-0.3, -0.25) is 9.59 Å². The number of carbonyl (C=O) groups excluding carboxylic acids is 2. The lowest BCUT2D eigenvalue weighted by molar-refractivity contribution is -0.117. The number of anilines is 3. The Labute approximate surface area is 145 Å². The number of rotatable bonds is 4. The maximum atomic E-state index is 13.7. The molecular formula is C19H20FN3O2. The van der Waals surface area contributed by atoms with E-state index in [4.69, 9.17) is 0 Å². The Kier molecular flexibility index (Phi) is 4.70. The minimum absolute atomic E-state index is 0.0529. The maximum absolute atomic E-state index is 13.7. The van der Waals surface area contributed by atoms with Crippen molar-refractivity contribution in [2.24, 2.45) is 0 Å². The summed E-state index contributed by atoms with van der Waals surface area (Å²) in [4.78, 5) is 25.5. The van der Waals surface area contributed by atoms with Crippen LogP contribution in [0.1, 0.15) is 19.4 Å². The minimum atomic E-state index is -0.519. The Morgan fingerprint density at radius 1 is 1.24 bits per heavy atom. The summed E-state index contributed by atoms with van der Waals surface area (Å²) < 4.78 is 13.7. The van der Waals surface area contributed by atoms with Crippen LogP contribution in [0.25, 0.3) is 0 Å². The average Bonchev–Trinajstić information content (AvgIpc) is 2.90. The molecule has 6 heteroatoms. The van der Waals surface area contributed by atoms with E-state index in [0.717, 1.165) is 17.7 Å². The second-order valence-electron chi connectivity index (χ2n) is 6.17. The molecular weight excluding hydrogens is 321 g/mol. The molecule has 1 atom stereocenters. The number of halogens is 1. The lowest BCUT2D eigenvalue weighted by Crippen LogP contribution is -2.39. The number of amides is 2. The number of hydrogen-bond acceptors (Lipinski definition) is 3. The van der Waals surface area contributed by atoms with E-state index in [0.29, 0.717) is 5.69 Å². The van der Waals surface area contributed by atoms with Gasteiger partial charge in [0.05, 0.1) is 12.2 Å². The molecule has 3 rings (SSSR count). The maximum Gasteiger partial charge on any atom is 0.246 e. The molecule has 0 bridgehead atoms. The van der Waals surface area contributed by atoms with Gasteiger partial charge in [-0.25, -0.2) is 4.39 Å². The fraction of sp³-hybridized carbons (Fsp3) is 0.263. The number of fused-ring (bicyclic) bond motifs is 1. The third kappa shape index (κ3) is 3.63. The molecule has 0 saturated carbocycles. The second kappa shape index (κ2) is 6.93. The Hall–Kier alpha value is -2.89. The highest BCUT2D eigenvalue weighted by atomic mass is 19.1. The zero-order valence-corrected chi connectivity index (χ0v) is 14.2. The standard InChI is InChI=1S/C19H20FN3O2/c1-12-9-14-5-3-4-6-18(14)23(12)19(25)11-21-15-7-8-16(20)17(10-15)22-13(2)24/h3-8,10,12,21H,9,11H2,1-2H3,(H,22,24)/t12-/m0/s1. The minimum Gasteiger partial charge on any atom is -0.376 e. The van der Waals surface area contributed by atoms with Gasteiger partial charge < -0.3 is 15.5 Å². The summed E-state index contributed by atoms with van der Waals surface area (Å²) >= 11 is 0. The smallest absolute Gasteiger partial charge is 0.246 e. The summed E-state index contributed by atoms with van der Waals surface area (Å²) in [5.74, 6) is -0.924. The SMILES string of the molecule is CC(=O)Nc1cc(NCC(=O)N2c3ccccc3C[C@@H]2C)ccc1F. The van der Waals surface area contributed by atoms with Gasteiger partial charge in [0.15, 0.2) is 0 Å². The van der Waals surface area contributed by atoms with Crippen LogP contribution >= 0.6 is 0 Å². The zero-order valence-electron chi connectivity index (χ0n) is 14.2. The van der Waals surface area contributed by atoms with Crippen molar-refractivity contribution in [2.45, 2.75) is 26.3 Å². The first-order chi connectivity index (χ1) is 12.0. The van der Waals surface area contributed by atoms with Gasteiger partial charge in [0.1, 0.15) is 5.82 Å². The topological polar surface area (TPSA) is 61.4 Å². The number of hydrogen-bond donors (Lipinski definition) is 2. The van der Waals surface area contributed by atoms with E-state index in [1.54, 1.807) is 4.90 Å². The Bertz CT molecular complexity index is 822. The second-order valence-corrected chi connectivity index (χ2v) is 6.17. The normalized spacial score (nSPS) is 15.6. The fourth-order valence-corrected chi connectivity index (χ4v) is 3.13. The van der Waals surface area contributed by atoms with Gasteiger partial charge in [0.2, 0.25) is 11.8 Å². The largest absolute Gasteiger partial charge is 0.376 e. The van der Waals surface area contributed by atoms with Crippen molar-refractivity contribution >= 4 is 28.9 Å². The van der Waals surface area contributed by atoms with Crippen molar-refractivity contribution < 1.29 is 14.0 Å². The average molecular weight is 341 g/mol. The quantitative estimate of drug-likeness (QED) is 0.898. The first-order valence-corrected chi connectivity index (χ1v) is 8.16. The first kappa shape index (κ1) is 17.0. The molecule has 130 valence electrons. The van der Waals surface area contributed by atoms with Crippen molar-refractivity contribution in [1.82, 2.24) is 0 Å². The third-order valence-electron chi connectivity index (χ3n) is 4.20. The van der Waals surface area contributed by atoms with Crippen LogP contribution in [0.15, 0.2) is 42.5 Å². The molecule has 25 heavy (non-hydrogen) atoms. The molecule has 5 nitrogen and oxygen atoms in total. The molecule has 0 aromatic heterocycles. The predicted octanol–water partition coefficient (Wildman–Crippen LogP) is 3.17. The van der Waals surface area contributed by atoms with Crippen LogP contribution in [0.3, 0.4) is 0 Å². The Morgan fingerprint density at radius 2 is 2.00 bits per heavy atom. The number of nitrogens with one attached hydrogen (secondary N) is 2. The number of nitrogens with zero attached hydrogens (tertiary/aromatic N) is 1. The zero-order chi connectivity index (χ0) is 18.0. The number of carbonyl (C=O) groups is 2. The van der Waals surface area contributed by atoms with Crippen LogP contribution in [-0.4, -0.2) is 24.4 Å². The molecule has 2 aromatic carbocycles. The molecule has 0 radical (unpaired) electrons. The van der Waals surface area contributed by atoms with Crippen LogP contribution in [0.5, 0.6) is 0 Å². The molecule has 0 spiro atoms. The van der Waals surface area contributed by atoms with Crippen molar-refractivity contribution in [2.75, 3.05) is 22.1 Å². The molecule has 2 amide bonds. The molecule has 1 heterocycles. The van der Waals surface area contributed by atoms with E-state index in [9.17, 15) is 14.0 Å². The van der Waals surface area contributed by atoms with E-state index < -0.39 is 5.82 Å². The molecule has 1 aliphatic heterocycles. The highest BCUT2D eigenvalue weighted by molar-refractivity contribution is 5.98. The Balaban J connectivity index is 1.70. The van der Waals surface area contributed by atoms with Crippen molar-refractivity contribution in [3.63, 3.8) is 0 Å². The van der Waals surface area contributed by atoms with E-state index in [1.165, 1.54) is 25.1 Å². The van der Waals surface area contributed by atoms with Gasteiger partial charge in [-0.2, -0.15) is 0 Å². The van der Waals surface area contributed by atoms with Crippen LogP contribution in [-0.2, 0) is 16.0 Å². The Morgan fingerprint density at radius 3 is 2.76 bits per heavy atom. The molecule has 0 unspecified atom stereocenters. The third-order valence-corrected chi connectivity index (χ3v) is 4.20. The van der Waals surface area contributed by atoms with Crippen LogP contribution < -0.4 is 15.5 Å². The monoisotopic (exact) mass is 341 g/mol. The van der Waals surface area contributed by atoms with E-state index in [2.05, 4.69) is 10.6 Å². The molecule has 0 aliphatic carbocycles. The van der Waals surface area contributed by atoms with Crippen molar-refractivity contribution in [3.05, 3.63) is 53.8 Å². The predicted molar refractivity (Wildman–Crippen MR) is 96.3 cm³/mol. The van der Waals surface area contributed by atoms with E-state index >= 15 is 0 Å². The summed E-state index contributed by atoms with van der Waals surface area (Å²) in [6.45, 7) is 3.42. The van der Waals surface area contributed by atoms with Gasteiger partial charge in [-0.15, -0.1) is 0 Å². The summed E-state index contributed by atoms with van der Waals surface area (Å²) in [5, 5.41) is 5.43. The van der Waals surface area contributed by atoms with Crippen LogP contribution in [0, 0.1) is 5.82 Å². The van der Waals surface area contributed by atoms with Crippen molar-refractivity contribution in [3.8, 4) is 0 Å². The lowest BCUT2D eigenvalue weighted by atomic mass is 10.1. The molecule has 2 N–H and O–H groups in total. The van der Waals surface area contributed by atoms with Crippen molar-refractivity contribution in [1.29, 1.82) is 0 Å². The van der Waals surface area contributed by atoms with Gasteiger partial charge in [0, 0.05) is 24.3 Å². The van der Waals surface area contributed by atoms with E-state index in [-0.39, 0.29) is 30.1 Å².